The van der Waals surface area contributed by atoms with Crippen LogP contribution in [0.25, 0.3) is 10.8 Å². The molecule has 0 atom stereocenters. The van der Waals surface area contributed by atoms with E-state index in [0.717, 1.165) is 10.8 Å². The molecule has 0 saturated carbocycles. The van der Waals surface area contributed by atoms with Gasteiger partial charge in [0.05, 0.1) is 5.56 Å². The summed E-state index contributed by atoms with van der Waals surface area (Å²) in [4.78, 5) is 27.1. The molecule has 0 saturated heterocycles. The van der Waals surface area contributed by atoms with E-state index in [2.05, 4.69) is 0 Å². The van der Waals surface area contributed by atoms with Gasteiger partial charge in [-0.3, -0.25) is 0 Å². The van der Waals surface area contributed by atoms with Gasteiger partial charge in [0.15, 0.2) is 0 Å². The maximum atomic E-state index is 10.8. The lowest BCUT2D eigenvalue weighted by Crippen LogP contribution is -1.96. The molecule has 1 N–H and O–H groups in total. The van der Waals surface area contributed by atoms with Gasteiger partial charge < -0.3 is 5.11 Å². The lowest BCUT2D eigenvalue weighted by molar-refractivity contribution is -0.191. The Bertz CT molecular complexity index is 534. The number of carboxylic acids is 1. The van der Waals surface area contributed by atoms with E-state index in [1.807, 2.05) is 30.3 Å². The Morgan fingerprint density at radius 1 is 1.00 bits per heavy atom. The smallest absolute Gasteiger partial charge is 0.373 e. The highest BCUT2D eigenvalue weighted by Crippen LogP contribution is 2.17. The van der Waals surface area contributed by atoms with Crippen molar-refractivity contribution in [3.05, 3.63) is 48.0 Å². The summed E-state index contributed by atoms with van der Waals surface area (Å²) in [6.45, 7) is 0. The zero-order chi connectivity index (χ0) is 12.0. The highest BCUT2D eigenvalue weighted by atomic mass is 16.4. The molecule has 0 heterocycles. The van der Waals surface area contributed by atoms with Gasteiger partial charge in [0.1, 0.15) is 0 Å². The molecule has 0 amide bonds. The Balaban J connectivity index is 0.000000386. The number of aromatic carboxylic acids is 1. The number of hydrogen-bond donors (Lipinski definition) is 1. The van der Waals surface area contributed by atoms with E-state index in [0.29, 0.717) is 5.56 Å². The van der Waals surface area contributed by atoms with Crippen LogP contribution in [0, 0.1) is 0 Å². The number of benzene rings is 2. The molecule has 0 aliphatic carbocycles. The van der Waals surface area contributed by atoms with Crippen molar-refractivity contribution in [1.82, 2.24) is 0 Å². The molecule has 2 rings (SSSR count). The lowest BCUT2D eigenvalue weighted by Gasteiger charge is -2.00. The van der Waals surface area contributed by atoms with Crippen LogP contribution in [0.15, 0.2) is 42.5 Å². The molecule has 4 nitrogen and oxygen atoms in total. The topological polar surface area (TPSA) is 71.4 Å². The van der Waals surface area contributed by atoms with Crippen LogP contribution in [0.1, 0.15) is 10.4 Å². The van der Waals surface area contributed by atoms with Gasteiger partial charge >= 0.3 is 12.1 Å². The van der Waals surface area contributed by atoms with E-state index in [1.54, 1.807) is 12.1 Å². The van der Waals surface area contributed by atoms with E-state index >= 15 is 0 Å². The van der Waals surface area contributed by atoms with Crippen molar-refractivity contribution >= 4 is 22.9 Å². The molecule has 0 bridgehead atoms. The normalized spacial score (nSPS) is 8.75. The standard InChI is InChI=1S/C11H8O2.CO2/c12-11(13)10-7-3-5-8-4-1-2-6-9(8)10;2-1-3/h1-7H,(H,12,13);. The average molecular weight is 216 g/mol. The van der Waals surface area contributed by atoms with Crippen molar-refractivity contribution in [3.63, 3.8) is 0 Å². The summed E-state index contributed by atoms with van der Waals surface area (Å²) in [6, 6.07) is 12.7. The fourth-order valence-electron chi connectivity index (χ4n) is 1.41. The van der Waals surface area contributed by atoms with E-state index in [1.165, 1.54) is 0 Å². The number of carboxylic acid groups (broad SMARTS) is 1. The van der Waals surface area contributed by atoms with Gasteiger partial charge in [-0.2, -0.15) is 9.59 Å². The minimum atomic E-state index is -0.878. The maximum Gasteiger partial charge on any atom is 0.373 e. The Labute approximate surface area is 91.1 Å². The number of carbonyl (C=O) groups is 1. The van der Waals surface area contributed by atoms with E-state index < -0.39 is 5.97 Å². The molecule has 0 fully saturated rings. The minimum Gasteiger partial charge on any atom is -0.478 e. The summed E-state index contributed by atoms with van der Waals surface area (Å²) >= 11 is 0. The Morgan fingerprint density at radius 3 is 2.19 bits per heavy atom. The molecule has 0 aliphatic rings. The Kier molecular flexibility index (Phi) is 3.95. The zero-order valence-electron chi connectivity index (χ0n) is 8.21. The summed E-state index contributed by atoms with van der Waals surface area (Å²) in [5.41, 5.74) is 0.359. The molecule has 2 aromatic rings. The van der Waals surface area contributed by atoms with E-state index in [9.17, 15) is 4.79 Å². The van der Waals surface area contributed by atoms with Crippen LogP contribution >= 0.6 is 0 Å². The first kappa shape index (κ1) is 11.6. The van der Waals surface area contributed by atoms with Gasteiger partial charge in [0.2, 0.25) is 0 Å². The number of hydrogen-bond acceptors (Lipinski definition) is 3. The Hall–Kier alpha value is -2.45. The summed E-state index contributed by atoms with van der Waals surface area (Å²) in [5, 5.41) is 10.6. The van der Waals surface area contributed by atoms with Crippen LogP contribution in [-0.2, 0) is 9.59 Å². The quantitative estimate of drug-likeness (QED) is 0.790. The third-order valence-corrected chi connectivity index (χ3v) is 2.02. The molecular formula is C12H8O4. The van der Waals surface area contributed by atoms with Gasteiger partial charge in [-0.15, -0.1) is 0 Å². The number of rotatable bonds is 1. The second-order valence-corrected chi connectivity index (χ2v) is 2.92. The molecule has 80 valence electrons. The largest absolute Gasteiger partial charge is 0.478 e. The van der Waals surface area contributed by atoms with Gasteiger partial charge in [-0.05, 0) is 16.8 Å². The average Bonchev–Trinajstić information content (AvgIpc) is 2.29. The molecule has 2 aromatic carbocycles. The monoisotopic (exact) mass is 216 g/mol. The fraction of sp³-hybridized carbons (Fsp3) is 0. The van der Waals surface area contributed by atoms with Crippen molar-refractivity contribution in [2.45, 2.75) is 0 Å². The van der Waals surface area contributed by atoms with Gasteiger partial charge in [-0.25, -0.2) is 4.79 Å². The Morgan fingerprint density at radius 2 is 1.56 bits per heavy atom. The second kappa shape index (κ2) is 5.44. The van der Waals surface area contributed by atoms with Crippen LogP contribution in [0.5, 0.6) is 0 Å². The molecule has 4 heteroatoms. The lowest BCUT2D eigenvalue weighted by atomic mass is 10.1. The third-order valence-electron chi connectivity index (χ3n) is 2.02. The highest BCUT2D eigenvalue weighted by molar-refractivity contribution is 6.03. The zero-order valence-corrected chi connectivity index (χ0v) is 8.21. The summed E-state index contributed by atoms with van der Waals surface area (Å²) in [6.07, 6.45) is 0.250. The van der Waals surface area contributed by atoms with Crippen LogP contribution < -0.4 is 0 Å². The van der Waals surface area contributed by atoms with Crippen LogP contribution in [0.3, 0.4) is 0 Å². The molecular weight excluding hydrogens is 208 g/mol. The minimum absolute atomic E-state index is 0.250. The fourth-order valence-corrected chi connectivity index (χ4v) is 1.41. The first-order valence-corrected chi connectivity index (χ1v) is 4.41. The van der Waals surface area contributed by atoms with Crippen molar-refractivity contribution in [1.29, 1.82) is 0 Å². The predicted octanol–water partition coefficient (Wildman–Crippen LogP) is 1.95. The third kappa shape index (κ3) is 2.53. The van der Waals surface area contributed by atoms with Crippen LogP contribution in [-0.4, -0.2) is 17.2 Å². The number of carbonyl (C=O) groups excluding carboxylic acids is 2. The number of fused-ring (bicyclic) bond motifs is 1. The first-order chi connectivity index (χ1) is 7.70. The molecule has 0 unspecified atom stereocenters. The van der Waals surface area contributed by atoms with Crippen molar-refractivity contribution < 1.29 is 19.5 Å². The summed E-state index contributed by atoms with van der Waals surface area (Å²) < 4.78 is 0. The molecule has 0 spiro atoms. The molecule has 0 aromatic heterocycles. The van der Waals surface area contributed by atoms with Crippen molar-refractivity contribution in [2.24, 2.45) is 0 Å². The SMILES string of the molecule is O=C(O)c1cccc2ccccc12.O=C=O. The van der Waals surface area contributed by atoms with E-state index in [-0.39, 0.29) is 6.15 Å². The van der Waals surface area contributed by atoms with Crippen LogP contribution in [0.2, 0.25) is 0 Å². The molecule has 0 aliphatic heterocycles. The first-order valence-electron chi connectivity index (χ1n) is 4.41. The molecule has 0 radical (unpaired) electrons. The molecule has 16 heavy (non-hydrogen) atoms. The van der Waals surface area contributed by atoms with Gasteiger partial charge in [0.25, 0.3) is 0 Å². The van der Waals surface area contributed by atoms with Crippen LogP contribution in [0.4, 0.5) is 0 Å². The van der Waals surface area contributed by atoms with Crippen molar-refractivity contribution in [2.75, 3.05) is 0 Å². The summed E-state index contributed by atoms with van der Waals surface area (Å²) in [5.74, 6) is -0.878. The van der Waals surface area contributed by atoms with Gasteiger partial charge in [-0.1, -0.05) is 36.4 Å². The predicted molar refractivity (Wildman–Crippen MR) is 55.9 cm³/mol. The second-order valence-electron chi connectivity index (χ2n) is 2.92. The summed E-state index contributed by atoms with van der Waals surface area (Å²) in [7, 11) is 0. The van der Waals surface area contributed by atoms with E-state index in [4.69, 9.17) is 14.7 Å². The highest BCUT2D eigenvalue weighted by Gasteiger charge is 2.05. The van der Waals surface area contributed by atoms with Gasteiger partial charge in [0, 0.05) is 0 Å². The van der Waals surface area contributed by atoms with Crippen molar-refractivity contribution in [3.8, 4) is 0 Å². The maximum absolute atomic E-state index is 10.8.